The second kappa shape index (κ2) is 7.02. The molecular weight excluding hydrogens is 314 g/mol. The van der Waals surface area contributed by atoms with Crippen molar-refractivity contribution in [1.82, 2.24) is 0 Å². The van der Waals surface area contributed by atoms with E-state index in [-0.39, 0.29) is 12.3 Å². The molecule has 2 nitrogen and oxygen atoms in total. The summed E-state index contributed by atoms with van der Waals surface area (Å²) in [5.74, 6) is -1.81. The van der Waals surface area contributed by atoms with Gasteiger partial charge in [-0.3, -0.25) is 4.79 Å². The molecule has 0 amide bonds. The zero-order chi connectivity index (χ0) is 17.0. The van der Waals surface area contributed by atoms with Crippen LogP contribution in [-0.4, -0.2) is 24.4 Å². The maximum Gasteiger partial charge on any atom is 0.434 e. The summed E-state index contributed by atoms with van der Waals surface area (Å²) in [6.45, 7) is 1.15. The first-order chi connectivity index (χ1) is 10.0. The maximum atomic E-state index is 12.3. The van der Waals surface area contributed by atoms with Crippen molar-refractivity contribution in [2.45, 2.75) is 38.2 Å². The summed E-state index contributed by atoms with van der Waals surface area (Å²) < 4.78 is 77.3. The first-order valence-corrected chi connectivity index (χ1v) is 6.22. The molecule has 0 atom stereocenters. The summed E-state index contributed by atoms with van der Waals surface area (Å²) in [4.78, 5) is 11.4. The molecule has 1 radical (unpaired) electrons. The third-order valence-electron chi connectivity index (χ3n) is 2.80. The summed E-state index contributed by atoms with van der Waals surface area (Å²) in [6.07, 6.45) is -15.2. The van der Waals surface area contributed by atoms with Gasteiger partial charge >= 0.3 is 18.3 Å². The first-order valence-electron chi connectivity index (χ1n) is 6.22. The summed E-state index contributed by atoms with van der Waals surface area (Å²) in [5.41, 5.74) is 0.804. The number of aryl methyl sites for hydroxylation is 1. The summed E-state index contributed by atoms with van der Waals surface area (Å²) in [5, 5.41) is 0. The van der Waals surface area contributed by atoms with Crippen LogP contribution in [0.4, 0.5) is 26.3 Å². The predicted molar refractivity (Wildman–Crippen MR) is 65.7 cm³/mol. The fourth-order valence-electron chi connectivity index (χ4n) is 1.61. The van der Waals surface area contributed by atoms with Gasteiger partial charge in [0.05, 0.1) is 5.92 Å². The zero-order valence-corrected chi connectivity index (χ0v) is 11.5. The summed E-state index contributed by atoms with van der Waals surface area (Å²) in [7, 11) is 0. The lowest BCUT2D eigenvalue weighted by atomic mass is 10.0. The first kappa shape index (κ1) is 18.3. The minimum absolute atomic E-state index is 0.00524. The number of carbonyl (C=O) groups excluding carboxylic acids is 1. The smallest absolute Gasteiger partial charge is 0.434 e. The minimum atomic E-state index is -5.70. The van der Waals surface area contributed by atoms with E-state index in [9.17, 15) is 31.1 Å². The van der Waals surface area contributed by atoms with Crippen LogP contribution in [0.1, 0.15) is 18.9 Å². The highest BCUT2D eigenvalue weighted by atomic mass is 19.4. The topological polar surface area (TPSA) is 26.3 Å². The zero-order valence-electron chi connectivity index (χ0n) is 11.5. The molecule has 0 aromatic heterocycles. The lowest BCUT2D eigenvalue weighted by molar-refractivity contribution is -0.312. The van der Waals surface area contributed by atoms with Crippen LogP contribution in [-0.2, 0) is 16.0 Å². The number of benzene rings is 1. The lowest BCUT2D eigenvalue weighted by Gasteiger charge is -2.24. The van der Waals surface area contributed by atoms with Gasteiger partial charge in [-0.25, -0.2) is 0 Å². The van der Waals surface area contributed by atoms with E-state index in [2.05, 4.69) is 4.74 Å². The normalized spacial score (nSPS) is 12.8. The fourth-order valence-corrected chi connectivity index (χ4v) is 1.61. The molecule has 0 spiro atoms. The van der Waals surface area contributed by atoms with Gasteiger partial charge in [0.25, 0.3) is 6.10 Å². The Hall–Kier alpha value is -1.73. The highest BCUT2D eigenvalue weighted by Gasteiger charge is 2.60. The molecule has 0 aliphatic rings. The van der Waals surface area contributed by atoms with Crippen LogP contribution < -0.4 is 0 Å². The highest BCUT2D eigenvalue weighted by molar-refractivity contribution is 5.84. The van der Waals surface area contributed by atoms with Crippen LogP contribution in [0.25, 0.3) is 0 Å². The SMILES string of the molecule is C[C](CCc1ccccc1)C(=O)OC(C(F)(F)F)C(F)(F)F. The van der Waals surface area contributed by atoms with Gasteiger partial charge in [0.1, 0.15) is 0 Å². The van der Waals surface area contributed by atoms with Crippen LogP contribution in [0.5, 0.6) is 0 Å². The highest BCUT2D eigenvalue weighted by Crippen LogP contribution is 2.36. The van der Waals surface area contributed by atoms with Crippen molar-refractivity contribution in [1.29, 1.82) is 0 Å². The molecule has 0 fully saturated rings. The van der Waals surface area contributed by atoms with Crippen LogP contribution in [0.2, 0.25) is 0 Å². The molecule has 0 unspecified atom stereocenters. The number of alkyl halides is 6. The Morgan fingerprint density at radius 3 is 2.00 bits per heavy atom. The minimum Gasteiger partial charge on any atom is -0.442 e. The molecule has 8 heteroatoms. The van der Waals surface area contributed by atoms with Crippen molar-refractivity contribution in [3.63, 3.8) is 0 Å². The summed E-state index contributed by atoms with van der Waals surface area (Å²) in [6, 6.07) is 8.67. The Balaban J connectivity index is 2.62. The molecule has 0 aliphatic carbocycles. The molecule has 123 valence electrons. The number of esters is 1. The molecule has 0 heterocycles. The molecule has 1 aromatic rings. The summed E-state index contributed by atoms with van der Waals surface area (Å²) >= 11 is 0. The van der Waals surface area contributed by atoms with Gasteiger partial charge in [-0.2, -0.15) is 26.3 Å². The molecule has 0 aliphatic heterocycles. The van der Waals surface area contributed by atoms with Gasteiger partial charge in [0.15, 0.2) is 0 Å². The second-order valence-corrected chi connectivity index (χ2v) is 4.63. The van der Waals surface area contributed by atoms with Gasteiger partial charge in [-0.15, -0.1) is 0 Å². The molecule has 22 heavy (non-hydrogen) atoms. The number of carbonyl (C=O) groups is 1. The van der Waals surface area contributed by atoms with Crippen molar-refractivity contribution in [2.75, 3.05) is 0 Å². The Bertz CT molecular complexity index is 466. The van der Waals surface area contributed by atoms with E-state index in [1.54, 1.807) is 30.3 Å². The Kier molecular flexibility index (Phi) is 5.85. The number of hydrogen-bond acceptors (Lipinski definition) is 2. The largest absolute Gasteiger partial charge is 0.442 e. The van der Waals surface area contributed by atoms with Gasteiger partial charge in [0.2, 0.25) is 0 Å². The molecule has 1 rings (SSSR count). The Morgan fingerprint density at radius 2 is 1.55 bits per heavy atom. The molecule has 0 saturated carbocycles. The average molecular weight is 327 g/mol. The van der Waals surface area contributed by atoms with Gasteiger partial charge in [0, 0.05) is 0 Å². The molecular formula is C14H13F6O2. The van der Waals surface area contributed by atoms with Crippen molar-refractivity contribution < 1.29 is 35.9 Å². The Labute approximate surface area is 123 Å². The van der Waals surface area contributed by atoms with E-state index in [4.69, 9.17) is 0 Å². The van der Waals surface area contributed by atoms with Gasteiger partial charge in [-0.05, 0) is 25.3 Å². The van der Waals surface area contributed by atoms with Crippen molar-refractivity contribution in [2.24, 2.45) is 0 Å². The van der Waals surface area contributed by atoms with Gasteiger partial charge < -0.3 is 4.74 Å². The average Bonchev–Trinajstić information content (AvgIpc) is 2.40. The van der Waals surface area contributed by atoms with Crippen LogP contribution >= 0.6 is 0 Å². The molecule has 1 aromatic carbocycles. The standard InChI is InChI=1S/C14H13F6O2/c1-9(7-8-10-5-3-2-4-6-10)11(21)22-12(13(15,16)17)14(18,19)20/h2-6,12H,7-8H2,1H3. The molecule has 0 N–H and O–H groups in total. The number of rotatable bonds is 5. The maximum absolute atomic E-state index is 12.3. The van der Waals surface area contributed by atoms with Crippen molar-refractivity contribution >= 4 is 5.97 Å². The van der Waals surface area contributed by atoms with Crippen LogP contribution in [0.3, 0.4) is 0 Å². The van der Waals surface area contributed by atoms with Crippen LogP contribution in [0, 0.1) is 5.92 Å². The van der Waals surface area contributed by atoms with E-state index >= 15 is 0 Å². The molecule has 0 saturated heterocycles. The van der Waals surface area contributed by atoms with E-state index in [1.807, 2.05) is 0 Å². The van der Waals surface area contributed by atoms with Crippen molar-refractivity contribution in [3.8, 4) is 0 Å². The van der Waals surface area contributed by atoms with E-state index in [0.717, 1.165) is 12.5 Å². The second-order valence-electron chi connectivity index (χ2n) is 4.63. The van der Waals surface area contributed by atoms with E-state index in [1.165, 1.54) is 0 Å². The monoisotopic (exact) mass is 327 g/mol. The number of ether oxygens (including phenoxy) is 1. The number of halogens is 6. The number of hydrogen-bond donors (Lipinski definition) is 0. The van der Waals surface area contributed by atoms with E-state index in [0.29, 0.717) is 6.42 Å². The third-order valence-corrected chi connectivity index (χ3v) is 2.80. The fraction of sp³-hybridized carbons (Fsp3) is 0.429. The lowest BCUT2D eigenvalue weighted by Crippen LogP contribution is -2.46. The van der Waals surface area contributed by atoms with Gasteiger partial charge in [-0.1, -0.05) is 30.3 Å². The van der Waals surface area contributed by atoms with Crippen molar-refractivity contribution in [3.05, 3.63) is 41.8 Å². The molecule has 0 bridgehead atoms. The predicted octanol–water partition coefficient (Wildman–Crippen LogP) is 4.25. The quantitative estimate of drug-likeness (QED) is 0.597. The van der Waals surface area contributed by atoms with Crippen LogP contribution in [0.15, 0.2) is 30.3 Å². The Morgan fingerprint density at radius 1 is 1.05 bits per heavy atom. The van der Waals surface area contributed by atoms with E-state index < -0.39 is 24.4 Å². The third kappa shape index (κ3) is 5.57.